The van der Waals surface area contributed by atoms with Crippen molar-refractivity contribution >= 4 is 39.8 Å². The van der Waals surface area contributed by atoms with E-state index in [1.165, 1.54) is 38.5 Å². The van der Waals surface area contributed by atoms with Gasteiger partial charge in [-0.2, -0.15) is 0 Å². The maximum absolute atomic E-state index is 11.6. The second-order valence-corrected chi connectivity index (χ2v) is 10.6. The predicted molar refractivity (Wildman–Crippen MR) is 114 cm³/mol. The highest BCUT2D eigenvalue weighted by Crippen LogP contribution is 2.42. The maximum atomic E-state index is 11.6. The first-order valence-corrected chi connectivity index (χ1v) is 11.5. The second kappa shape index (κ2) is 9.24. The Kier molecular flexibility index (Phi) is 7.85. The minimum Gasteiger partial charge on any atom is -0.354 e. The monoisotopic (exact) mass is 483 g/mol. The minimum absolute atomic E-state index is 0. The van der Waals surface area contributed by atoms with Gasteiger partial charge >= 0.3 is 0 Å². The molecule has 3 rings (SSSR count). The Labute approximate surface area is 170 Å². The number of aliphatic imine (C=N–C) groups is 1. The average Bonchev–Trinajstić information content (AvgIpc) is 3.09. The standard InChI is InChI=1S/C18H33N3O2S.HI/c1-13(2)20-18(19-11-14-8-9-24(22,23)12-14)21-17-7-6-15-4-3-5-16(15)10-17;/h13-17H,3-12H2,1-2H3,(H2,19,20,21);1H. The first-order chi connectivity index (χ1) is 11.4. The Morgan fingerprint density at radius 1 is 1.12 bits per heavy atom. The molecule has 0 aromatic carbocycles. The van der Waals surface area contributed by atoms with Crippen LogP contribution in [0.1, 0.15) is 58.8 Å². The lowest BCUT2D eigenvalue weighted by molar-refractivity contribution is 0.239. The molecule has 7 heteroatoms. The number of nitrogens with one attached hydrogen (secondary N) is 2. The highest BCUT2D eigenvalue weighted by Gasteiger charge is 2.34. The molecular formula is C18H34IN3O2S. The predicted octanol–water partition coefficient (Wildman–Crippen LogP) is 2.95. The minimum atomic E-state index is -2.81. The summed E-state index contributed by atoms with van der Waals surface area (Å²) >= 11 is 0. The fourth-order valence-corrected chi connectivity index (χ4v) is 6.52. The summed E-state index contributed by atoms with van der Waals surface area (Å²) in [6, 6.07) is 0.841. The fraction of sp³-hybridized carbons (Fsp3) is 0.944. The van der Waals surface area contributed by atoms with Crippen molar-refractivity contribution in [1.29, 1.82) is 0 Å². The normalized spacial score (nSPS) is 34.4. The molecule has 1 heterocycles. The molecule has 1 saturated heterocycles. The molecule has 3 aliphatic rings. The average molecular weight is 483 g/mol. The van der Waals surface area contributed by atoms with Crippen LogP contribution in [0, 0.1) is 17.8 Å². The van der Waals surface area contributed by atoms with Gasteiger partial charge in [0.05, 0.1) is 11.5 Å². The van der Waals surface area contributed by atoms with Gasteiger partial charge < -0.3 is 10.6 Å². The number of fused-ring (bicyclic) bond motifs is 1. The van der Waals surface area contributed by atoms with E-state index in [0.717, 1.165) is 24.2 Å². The number of hydrogen-bond donors (Lipinski definition) is 2. The van der Waals surface area contributed by atoms with Gasteiger partial charge in [0.25, 0.3) is 0 Å². The van der Waals surface area contributed by atoms with E-state index < -0.39 is 9.84 Å². The Balaban J connectivity index is 0.00000225. The number of nitrogens with zero attached hydrogens (tertiary/aromatic N) is 1. The number of sulfone groups is 1. The lowest BCUT2D eigenvalue weighted by Crippen LogP contribution is -2.48. The van der Waals surface area contributed by atoms with E-state index in [0.29, 0.717) is 30.1 Å². The molecule has 0 bridgehead atoms. The van der Waals surface area contributed by atoms with Crippen LogP contribution in [0.4, 0.5) is 0 Å². The van der Waals surface area contributed by atoms with Crippen LogP contribution in [0.2, 0.25) is 0 Å². The van der Waals surface area contributed by atoms with Gasteiger partial charge in [0.1, 0.15) is 0 Å². The van der Waals surface area contributed by atoms with Crippen LogP contribution in [0.5, 0.6) is 0 Å². The molecule has 146 valence electrons. The van der Waals surface area contributed by atoms with Crippen LogP contribution in [-0.4, -0.2) is 44.5 Å². The lowest BCUT2D eigenvalue weighted by atomic mass is 9.79. The zero-order valence-electron chi connectivity index (χ0n) is 15.5. The summed E-state index contributed by atoms with van der Waals surface area (Å²) in [4.78, 5) is 4.72. The molecule has 3 fully saturated rings. The molecule has 0 amide bonds. The van der Waals surface area contributed by atoms with Crippen molar-refractivity contribution in [3.05, 3.63) is 0 Å². The van der Waals surface area contributed by atoms with Crippen molar-refractivity contribution in [2.45, 2.75) is 70.9 Å². The van der Waals surface area contributed by atoms with Gasteiger partial charge in [-0.15, -0.1) is 24.0 Å². The molecule has 1 aliphatic heterocycles. The van der Waals surface area contributed by atoms with E-state index in [1.54, 1.807) is 0 Å². The summed E-state index contributed by atoms with van der Waals surface area (Å²) in [5, 5.41) is 7.05. The maximum Gasteiger partial charge on any atom is 0.191 e. The van der Waals surface area contributed by atoms with Gasteiger partial charge in [-0.25, -0.2) is 8.42 Å². The number of hydrogen-bond acceptors (Lipinski definition) is 3. The highest BCUT2D eigenvalue weighted by atomic mass is 127. The highest BCUT2D eigenvalue weighted by molar-refractivity contribution is 14.0. The molecule has 4 unspecified atom stereocenters. The van der Waals surface area contributed by atoms with Crippen LogP contribution in [0.3, 0.4) is 0 Å². The molecule has 2 saturated carbocycles. The van der Waals surface area contributed by atoms with Crippen molar-refractivity contribution in [2.75, 3.05) is 18.1 Å². The Morgan fingerprint density at radius 2 is 1.88 bits per heavy atom. The smallest absolute Gasteiger partial charge is 0.191 e. The molecule has 2 aliphatic carbocycles. The van der Waals surface area contributed by atoms with Crippen LogP contribution in [-0.2, 0) is 9.84 Å². The van der Waals surface area contributed by atoms with Crippen molar-refractivity contribution < 1.29 is 8.42 Å². The summed E-state index contributed by atoms with van der Waals surface area (Å²) in [5.41, 5.74) is 0. The molecule has 0 aromatic rings. The molecule has 0 radical (unpaired) electrons. The molecular weight excluding hydrogens is 449 g/mol. The molecule has 5 nitrogen and oxygen atoms in total. The molecule has 0 aromatic heterocycles. The number of rotatable bonds is 4. The summed E-state index contributed by atoms with van der Waals surface area (Å²) in [6.07, 6.45) is 8.83. The first-order valence-electron chi connectivity index (χ1n) is 9.69. The topological polar surface area (TPSA) is 70.6 Å². The van der Waals surface area contributed by atoms with Gasteiger partial charge in [0.15, 0.2) is 15.8 Å². The van der Waals surface area contributed by atoms with Gasteiger partial charge in [0, 0.05) is 18.6 Å². The van der Waals surface area contributed by atoms with Crippen molar-refractivity contribution in [3.8, 4) is 0 Å². The Bertz CT molecular complexity index is 565. The van der Waals surface area contributed by atoms with E-state index in [-0.39, 0.29) is 29.9 Å². The second-order valence-electron chi connectivity index (χ2n) is 8.36. The van der Waals surface area contributed by atoms with Crippen LogP contribution < -0.4 is 10.6 Å². The zero-order chi connectivity index (χ0) is 17.2. The van der Waals surface area contributed by atoms with Crippen molar-refractivity contribution in [2.24, 2.45) is 22.7 Å². The summed E-state index contributed by atoms with van der Waals surface area (Å²) in [7, 11) is -2.81. The van der Waals surface area contributed by atoms with Gasteiger partial charge in [-0.1, -0.05) is 19.3 Å². The van der Waals surface area contributed by atoms with E-state index in [9.17, 15) is 8.42 Å². The molecule has 25 heavy (non-hydrogen) atoms. The quantitative estimate of drug-likeness (QED) is 0.367. The van der Waals surface area contributed by atoms with Gasteiger partial charge in [-0.3, -0.25) is 4.99 Å². The van der Waals surface area contributed by atoms with E-state index in [1.807, 2.05) is 0 Å². The summed E-state index contributed by atoms with van der Waals surface area (Å²) in [5.74, 6) is 3.56. The molecule has 2 N–H and O–H groups in total. The SMILES string of the molecule is CC(C)NC(=NCC1CCS(=O)(=O)C1)NC1CCC2CCCC2C1.I. The third kappa shape index (κ3) is 6.26. The Hall–Kier alpha value is -0.0500. The van der Waals surface area contributed by atoms with E-state index in [2.05, 4.69) is 24.5 Å². The third-order valence-corrected chi connectivity index (χ3v) is 7.73. The van der Waals surface area contributed by atoms with Crippen LogP contribution in [0.25, 0.3) is 0 Å². The zero-order valence-corrected chi connectivity index (χ0v) is 18.7. The fourth-order valence-electron chi connectivity index (χ4n) is 4.67. The summed E-state index contributed by atoms with van der Waals surface area (Å²) < 4.78 is 23.2. The van der Waals surface area contributed by atoms with Crippen molar-refractivity contribution in [3.63, 3.8) is 0 Å². The van der Waals surface area contributed by atoms with Gasteiger partial charge in [-0.05, 0) is 57.3 Å². The lowest BCUT2D eigenvalue weighted by Gasteiger charge is -2.33. The van der Waals surface area contributed by atoms with E-state index in [4.69, 9.17) is 4.99 Å². The third-order valence-electron chi connectivity index (χ3n) is 5.89. The molecule has 0 spiro atoms. The number of halogens is 1. The van der Waals surface area contributed by atoms with Crippen LogP contribution in [0.15, 0.2) is 4.99 Å². The van der Waals surface area contributed by atoms with Crippen molar-refractivity contribution in [1.82, 2.24) is 10.6 Å². The Morgan fingerprint density at radius 3 is 2.56 bits per heavy atom. The first kappa shape index (κ1) is 21.3. The summed E-state index contributed by atoms with van der Waals surface area (Å²) in [6.45, 7) is 4.84. The largest absolute Gasteiger partial charge is 0.354 e. The van der Waals surface area contributed by atoms with Crippen LogP contribution >= 0.6 is 24.0 Å². The number of guanidine groups is 1. The van der Waals surface area contributed by atoms with E-state index >= 15 is 0 Å². The molecule has 4 atom stereocenters. The van der Waals surface area contributed by atoms with Gasteiger partial charge in [0.2, 0.25) is 0 Å².